The lowest BCUT2D eigenvalue weighted by Gasteiger charge is -2.23. The molecule has 0 saturated heterocycles. The average molecular weight is 482 g/mol. The lowest BCUT2D eigenvalue weighted by molar-refractivity contribution is -0.123. The van der Waals surface area contributed by atoms with Gasteiger partial charge < -0.3 is 15.2 Å². The lowest BCUT2D eigenvalue weighted by Crippen LogP contribution is -2.37. The normalized spacial score (nSPS) is 10.7. The van der Waals surface area contributed by atoms with Crippen LogP contribution in [-0.2, 0) is 19.6 Å². The summed E-state index contributed by atoms with van der Waals surface area (Å²) in [6, 6.07) is 8.68. The second-order valence-corrected chi connectivity index (χ2v) is 8.42. The molecule has 10 nitrogen and oxygen atoms in total. The number of methoxy groups -OCH3 is 1. The van der Waals surface area contributed by atoms with Crippen LogP contribution in [0.5, 0.6) is 5.75 Å². The van der Waals surface area contributed by atoms with E-state index in [4.69, 9.17) is 26.8 Å². The number of urea groups is 1. The smallest absolute Gasteiger partial charge is 0.340 e. The minimum Gasteiger partial charge on any atom is -0.497 e. The van der Waals surface area contributed by atoms with Crippen molar-refractivity contribution in [1.82, 2.24) is 5.32 Å². The number of nitrogens with one attached hydrogen (secondary N) is 1. The monoisotopic (exact) mass is 481 g/mol. The molecule has 2 aromatic rings. The summed E-state index contributed by atoms with van der Waals surface area (Å²) in [5.74, 6) is -1.48. The molecule has 0 aliphatic carbocycles. The summed E-state index contributed by atoms with van der Waals surface area (Å²) < 4.78 is 37.5. The number of carbonyl (C=O) groups excluding carboxylic acids is 3. The Kier molecular flexibility index (Phi) is 8.21. The second kappa shape index (κ2) is 10.6. The molecule has 3 N–H and O–H groups in total. The standard InChI is InChI=1S/C20H20ClN3O7S/c1-3-10-24(13-4-6-14(30-2)7-5-13)32(28,29)15-8-9-17(21)16(11-15)19(26)31-12-18(25)23-20(22)27/h3-9,11H,1,10,12H2,2H3,(H3,22,23,25,27). The SMILES string of the molecule is C=CCN(c1ccc(OC)cc1)S(=O)(=O)c1ccc(Cl)c(C(=O)OCC(=O)NC(N)=O)c1. The quantitative estimate of drug-likeness (QED) is 0.412. The highest BCUT2D eigenvalue weighted by atomic mass is 35.5. The molecule has 0 bridgehead atoms. The lowest BCUT2D eigenvalue weighted by atomic mass is 10.2. The first-order chi connectivity index (χ1) is 15.1. The summed E-state index contributed by atoms with van der Waals surface area (Å²) in [6.07, 6.45) is 1.41. The highest BCUT2D eigenvalue weighted by molar-refractivity contribution is 7.92. The van der Waals surface area contributed by atoms with E-state index >= 15 is 0 Å². The molecule has 170 valence electrons. The van der Waals surface area contributed by atoms with E-state index in [9.17, 15) is 22.8 Å². The number of amides is 3. The number of ether oxygens (including phenoxy) is 2. The molecule has 0 fully saturated rings. The van der Waals surface area contributed by atoms with Gasteiger partial charge in [-0.25, -0.2) is 18.0 Å². The molecule has 0 aliphatic rings. The van der Waals surface area contributed by atoms with Crippen molar-refractivity contribution in [2.75, 3.05) is 24.6 Å². The predicted octanol–water partition coefficient (Wildman–Crippen LogP) is 2.08. The van der Waals surface area contributed by atoms with Crippen LogP contribution in [-0.4, -0.2) is 46.6 Å². The third kappa shape index (κ3) is 5.99. The summed E-state index contributed by atoms with van der Waals surface area (Å²) >= 11 is 6.02. The fourth-order valence-electron chi connectivity index (χ4n) is 2.54. The number of hydrogen-bond acceptors (Lipinski definition) is 7. The van der Waals surface area contributed by atoms with Crippen molar-refractivity contribution in [3.8, 4) is 5.75 Å². The number of anilines is 1. The number of halogens is 1. The first-order valence-electron chi connectivity index (χ1n) is 8.93. The largest absolute Gasteiger partial charge is 0.497 e. The van der Waals surface area contributed by atoms with Crippen molar-refractivity contribution >= 4 is 45.2 Å². The fourth-order valence-corrected chi connectivity index (χ4v) is 4.20. The van der Waals surface area contributed by atoms with Crippen molar-refractivity contribution < 1.29 is 32.3 Å². The van der Waals surface area contributed by atoms with E-state index in [0.717, 1.165) is 10.4 Å². The van der Waals surface area contributed by atoms with Gasteiger partial charge in [-0.3, -0.25) is 14.4 Å². The van der Waals surface area contributed by atoms with Crippen molar-refractivity contribution in [3.63, 3.8) is 0 Å². The van der Waals surface area contributed by atoms with E-state index in [0.29, 0.717) is 11.4 Å². The van der Waals surface area contributed by atoms with Crippen LogP contribution < -0.4 is 20.1 Å². The van der Waals surface area contributed by atoms with Crippen molar-refractivity contribution in [1.29, 1.82) is 0 Å². The number of imide groups is 1. The van der Waals surface area contributed by atoms with Gasteiger partial charge in [0, 0.05) is 0 Å². The van der Waals surface area contributed by atoms with Gasteiger partial charge in [0.2, 0.25) is 0 Å². The number of rotatable bonds is 9. The molecular weight excluding hydrogens is 462 g/mol. The maximum absolute atomic E-state index is 13.3. The molecule has 32 heavy (non-hydrogen) atoms. The van der Waals surface area contributed by atoms with E-state index in [1.54, 1.807) is 29.6 Å². The Morgan fingerprint density at radius 2 is 1.84 bits per heavy atom. The van der Waals surface area contributed by atoms with Crippen molar-refractivity contribution in [3.05, 3.63) is 65.7 Å². The van der Waals surface area contributed by atoms with Gasteiger partial charge in [-0.1, -0.05) is 17.7 Å². The number of nitrogens with two attached hydrogens (primary N) is 1. The molecule has 12 heteroatoms. The van der Waals surface area contributed by atoms with Crippen LogP contribution in [0, 0.1) is 0 Å². The van der Waals surface area contributed by atoms with Crippen molar-refractivity contribution in [2.24, 2.45) is 5.73 Å². The van der Waals surface area contributed by atoms with Gasteiger partial charge in [-0.15, -0.1) is 6.58 Å². The highest BCUT2D eigenvalue weighted by Gasteiger charge is 2.26. The summed E-state index contributed by atoms with van der Waals surface area (Å²) in [4.78, 5) is 34.2. The maximum Gasteiger partial charge on any atom is 0.340 e. The highest BCUT2D eigenvalue weighted by Crippen LogP contribution is 2.28. The Bertz CT molecular complexity index is 1130. The van der Waals surface area contributed by atoms with Crippen molar-refractivity contribution in [2.45, 2.75) is 4.90 Å². The molecule has 2 aromatic carbocycles. The third-order valence-corrected chi connectivity index (χ3v) is 6.12. The Labute approximate surface area is 189 Å². The molecular formula is C20H20ClN3O7S. The average Bonchev–Trinajstić information content (AvgIpc) is 2.75. The molecule has 0 radical (unpaired) electrons. The van der Waals surface area contributed by atoms with E-state index < -0.39 is 34.5 Å². The zero-order chi connectivity index (χ0) is 23.9. The van der Waals surface area contributed by atoms with Gasteiger partial charge in [0.25, 0.3) is 15.9 Å². The number of hydrogen-bond donors (Lipinski definition) is 2. The first-order valence-corrected chi connectivity index (χ1v) is 10.8. The second-order valence-electron chi connectivity index (χ2n) is 6.15. The minimum absolute atomic E-state index is 0.0512. The first kappa shape index (κ1) is 24.7. The fraction of sp³-hybridized carbons (Fsp3) is 0.150. The van der Waals surface area contributed by atoms with Gasteiger partial charge in [-0.05, 0) is 42.5 Å². The van der Waals surface area contributed by atoms with E-state index in [1.165, 1.54) is 25.3 Å². The summed E-state index contributed by atoms with van der Waals surface area (Å²) in [5, 5.41) is 1.63. The van der Waals surface area contributed by atoms with Crippen LogP contribution in [0.4, 0.5) is 10.5 Å². The summed E-state index contributed by atoms with van der Waals surface area (Å²) in [7, 11) is -2.66. The number of sulfonamides is 1. The van der Waals surface area contributed by atoms with E-state index in [-0.39, 0.29) is 22.0 Å². The molecule has 0 aliphatic heterocycles. The molecule has 0 unspecified atom stereocenters. The summed E-state index contributed by atoms with van der Waals surface area (Å²) in [6.45, 7) is 2.72. The van der Waals surface area contributed by atoms with Crippen LogP contribution in [0.3, 0.4) is 0 Å². The number of esters is 1. The number of nitrogens with zero attached hydrogens (tertiary/aromatic N) is 1. The molecule has 0 heterocycles. The molecule has 0 saturated carbocycles. The van der Waals surface area contributed by atoms with Gasteiger partial charge in [-0.2, -0.15) is 0 Å². The Balaban J connectivity index is 2.35. The molecule has 0 spiro atoms. The topological polar surface area (TPSA) is 145 Å². The number of carbonyl (C=O) groups is 3. The predicted molar refractivity (Wildman–Crippen MR) is 117 cm³/mol. The van der Waals surface area contributed by atoms with Gasteiger partial charge >= 0.3 is 12.0 Å². The van der Waals surface area contributed by atoms with Crippen LogP contribution >= 0.6 is 11.6 Å². The molecule has 3 amide bonds. The minimum atomic E-state index is -4.14. The van der Waals surface area contributed by atoms with Crippen LogP contribution in [0.2, 0.25) is 5.02 Å². The van der Waals surface area contributed by atoms with Crippen LogP contribution in [0.1, 0.15) is 10.4 Å². The Morgan fingerprint density at radius 1 is 1.19 bits per heavy atom. The number of benzene rings is 2. The summed E-state index contributed by atoms with van der Waals surface area (Å²) in [5.41, 5.74) is 4.86. The zero-order valence-corrected chi connectivity index (χ0v) is 18.5. The number of primary amides is 1. The van der Waals surface area contributed by atoms with Crippen LogP contribution in [0.25, 0.3) is 0 Å². The van der Waals surface area contributed by atoms with E-state index in [1.807, 2.05) is 0 Å². The Hall–Kier alpha value is -3.57. The van der Waals surface area contributed by atoms with Crippen LogP contribution in [0.15, 0.2) is 60.0 Å². The van der Waals surface area contributed by atoms with Gasteiger partial charge in [0.1, 0.15) is 5.75 Å². The third-order valence-electron chi connectivity index (χ3n) is 4.00. The Morgan fingerprint density at radius 3 is 2.41 bits per heavy atom. The zero-order valence-electron chi connectivity index (χ0n) is 16.9. The molecule has 0 atom stereocenters. The van der Waals surface area contributed by atoms with Gasteiger partial charge in [0.05, 0.1) is 34.8 Å². The maximum atomic E-state index is 13.3. The molecule has 0 aromatic heterocycles. The van der Waals surface area contributed by atoms with Gasteiger partial charge in [0.15, 0.2) is 6.61 Å². The molecule has 2 rings (SSSR count). The van der Waals surface area contributed by atoms with E-state index in [2.05, 4.69) is 6.58 Å².